The van der Waals surface area contributed by atoms with Crippen LogP contribution in [0.5, 0.6) is 5.75 Å². The summed E-state index contributed by atoms with van der Waals surface area (Å²) in [4.78, 5) is 27.9. The summed E-state index contributed by atoms with van der Waals surface area (Å²) in [6.07, 6.45) is -4.34. The molecule has 0 radical (unpaired) electrons. The van der Waals surface area contributed by atoms with Crippen LogP contribution in [-0.2, 0) is 22.3 Å². The summed E-state index contributed by atoms with van der Waals surface area (Å²) in [5.74, 6) is 0.0218. The van der Waals surface area contributed by atoms with Crippen molar-refractivity contribution in [3.8, 4) is 5.75 Å². The zero-order valence-electron chi connectivity index (χ0n) is 16.9. The van der Waals surface area contributed by atoms with Gasteiger partial charge in [0, 0.05) is 32.7 Å². The Labute approximate surface area is 178 Å². The third-order valence-electron chi connectivity index (χ3n) is 4.96. The second-order valence-corrected chi connectivity index (χ2v) is 7.23. The third kappa shape index (κ3) is 6.99. The number of ether oxygens (including phenoxy) is 1. The summed E-state index contributed by atoms with van der Waals surface area (Å²) in [6, 6.07) is 14.0. The van der Waals surface area contributed by atoms with Crippen molar-refractivity contribution >= 4 is 11.8 Å². The number of hydrogen-bond donors (Lipinski definition) is 1. The lowest BCUT2D eigenvalue weighted by atomic mass is 10.1. The van der Waals surface area contributed by atoms with E-state index in [1.165, 1.54) is 12.1 Å². The van der Waals surface area contributed by atoms with Crippen molar-refractivity contribution in [2.24, 2.45) is 0 Å². The monoisotopic (exact) mass is 435 g/mol. The van der Waals surface area contributed by atoms with Crippen LogP contribution in [0, 0.1) is 0 Å². The van der Waals surface area contributed by atoms with Gasteiger partial charge in [0.05, 0.1) is 12.1 Å². The van der Waals surface area contributed by atoms with Crippen LogP contribution in [-0.4, -0.2) is 60.9 Å². The predicted molar refractivity (Wildman–Crippen MR) is 108 cm³/mol. The fourth-order valence-electron chi connectivity index (χ4n) is 3.22. The van der Waals surface area contributed by atoms with Crippen molar-refractivity contribution < 1.29 is 27.5 Å². The van der Waals surface area contributed by atoms with Gasteiger partial charge in [0.1, 0.15) is 5.75 Å². The number of halogens is 3. The molecule has 6 nitrogen and oxygen atoms in total. The molecule has 3 rings (SSSR count). The highest BCUT2D eigenvalue weighted by molar-refractivity contribution is 5.85. The summed E-state index contributed by atoms with van der Waals surface area (Å²) in [5.41, 5.74) is 0.126. The van der Waals surface area contributed by atoms with Gasteiger partial charge in [0.2, 0.25) is 5.91 Å². The number of benzene rings is 2. The number of rotatable bonds is 7. The molecular formula is C22H24F3N3O3. The van der Waals surface area contributed by atoms with Gasteiger partial charge in [-0.25, -0.2) is 0 Å². The molecule has 0 aliphatic carbocycles. The number of carbonyl (C=O) groups excluding carboxylic acids is 2. The SMILES string of the molecule is O=C(COc1ccccc1)NCC(=O)N1CCN(Cc2ccc(C(F)(F)F)cc2)CC1. The smallest absolute Gasteiger partial charge is 0.416 e. The molecule has 1 saturated heterocycles. The maximum atomic E-state index is 12.6. The first-order valence-corrected chi connectivity index (χ1v) is 9.92. The van der Waals surface area contributed by atoms with Crippen LogP contribution in [0.15, 0.2) is 54.6 Å². The fourth-order valence-corrected chi connectivity index (χ4v) is 3.22. The van der Waals surface area contributed by atoms with Crippen LogP contribution < -0.4 is 10.1 Å². The summed E-state index contributed by atoms with van der Waals surface area (Å²) in [7, 11) is 0. The summed E-state index contributed by atoms with van der Waals surface area (Å²) < 4.78 is 43.3. The first-order chi connectivity index (χ1) is 14.8. The molecule has 1 N–H and O–H groups in total. The zero-order chi connectivity index (χ0) is 22.3. The molecule has 0 unspecified atom stereocenters. The van der Waals surface area contributed by atoms with Crippen molar-refractivity contribution in [3.63, 3.8) is 0 Å². The lowest BCUT2D eigenvalue weighted by Crippen LogP contribution is -2.51. The van der Waals surface area contributed by atoms with Crippen LogP contribution in [0.3, 0.4) is 0 Å². The van der Waals surface area contributed by atoms with Gasteiger partial charge in [-0.1, -0.05) is 30.3 Å². The molecule has 0 aromatic heterocycles. The summed E-state index contributed by atoms with van der Waals surface area (Å²) in [6.45, 7) is 2.46. The molecule has 2 aromatic rings. The minimum absolute atomic E-state index is 0.101. The van der Waals surface area contributed by atoms with E-state index in [-0.39, 0.29) is 25.0 Å². The molecule has 1 aliphatic rings. The molecule has 1 aliphatic heterocycles. The van der Waals surface area contributed by atoms with Crippen molar-refractivity contribution in [1.29, 1.82) is 0 Å². The van der Waals surface area contributed by atoms with E-state index in [1.807, 2.05) is 6.07 Å². The molecule has 2 amide bonds. The van der Waals surface area contributed by atoms with Crippen LogP contribution in [0.1, 0.15) is 11.1 Å². The first-order valence-electron chi connectivity index (χ1n) is 9.92. The Morgan fingerprint density at radius 3 is 2.19 bits per heavy atom. The Balaban J connectivity index is 1.36. The minimum atomic E-state index is -4.34. The lowest BCUT2D eigenvalue weighted by Gasteiger charge is -2.34. The quantitative estimate of drug-likeness (QED) is 0.726. The molecule has 31 heavy (non-hydrogen) atoms. The molecule has 0 atom stereocenters. The van der Waals surface area contributed by atoms with E-state index in [1.54, 1.807) is 29.2 Å². The number of nitrogens with zero attached hydrogens (tertiary/aromatic N) is 2. The maximum Gasteiger partial charge on any atom is 0.416 e. The Hall–Kier alpha value is -3.07. The van der Waals surface area contributed by atoms with E-state index in [0.717, 1.165) is 17.7 Å². The van der Waals surface area contributed by atoms with Crippen LogP contribution in [0.2, 0.25) is 0 Å². The topological polar surface area (TPSA) is 61.9 Å². The molecule has 0 bridgehead atoms. The fraction of sp³-hybridized carbons (Fsp3) is 0.364. The second kappa shape index (κ2) is 10.3. The normalized spacial score (nSPS) is 14.9. The number of nitrogens with one attached hydrogen (secondary N) is 1. The number of amides is 2. The van der Waals surface area contributed by atoms with E-state index in [2.05, 4.69) is 10.2 Å². The molecule has 0 saturated carbocycles. The average Bonchev–Trinajstić information content (AvgIpc) is 2.77. The van der Waals surface area contributed by atoms with E-state index in [4.69, 9.17) is 4.74 Å². The zero-order valence-corrected chi connectivity index (χ0v) is 16.9. The highest BCUT2D eigenvalue weighted by Crippen LogP contribution is 2.29. The Morgan fingerprint density at radius 1 is 0.935 bits per heavy atom. The lowest BCUT2D eigenvalue weighted by molar-refractivity contribution is -0.137. The van der Waals surface area contributed by atoms with E-state index in [9.17, 15) is 22.8 Å². The number of para-hydroxylation sites is 1. The van der Waals surface area contributed by atoms with Gasteiger partial charge >= 0.3 is 6.18 Å². The van der Waals surface area contributed by atoms with E-state index in [0.29, 0.717) is 38.5 Å². The van der Waals surface area contributed by atoms with Crippen LogP contribution >= 0.6 is 0 Å². The summed E-state index contributed by atoms with van der Waals surface area (Å²) >= 11 is 0. The average molecular weight is 435 g/mol. The van der Waals surface area contributed by atoms with Crippen LogP contribution in [0.4, 0.5) is 13.2 Å². The minimum Gasteiger partial charge on any atom is -0.484 e. The second-order valence-electron chi connectivity index (χ2n) is 7.23. The largest absolute Gasteiger partial charge is 0.484 e. The van der Waals surface area contributed by atoms with Gasteiger partial charge in [-0.05, 0) is 29.8 Å². The maximum absolute atomic E-state index is 12.6. The molecule has 1 fully saturated rings. The predicted octanol–water partition coefficient (Wildman–Crippen LogP) is 2.54. The molecule has 1 heterocycles. The Kier molecular flexibility index (Phi) is 7.51. The van der Waals surface area contributed by atoms with Crippen molar-refractivity contribution in [3.05, 3.63) is 65.7 Å². The Bertz CT molecular complexity index is 865. The van der Waals surface area contributed by atoms with Crippen molar-refractivity contribution in [2.75, 3.05) is 39.3 Å². The van der Waals surface area contributed by atoms with Gasteiger partial charge in [-0.3, -0.25) is 14.5 Å². The van der Waals surface area contributed by atoms with Crippen LogP contribution in [0.25, 0.3) is 0 Å². The number of hydrogen-bond acceptors (Lipinski definition) is 4. The Morgan fingerprint density at radius 2 is 1.58 bits per heavy atom. The molecular weight excluding hydrogens is 411 g/mol. The van der Waals surface area contributed by atoms with Crippen molar-refractivity contribution in [1.82, 2.24) is 15.1 Å². The van der Waals surface area contributed by atoms with Gasteiger partial charge in [0.25, 0.3) is 5.91 Å². The molecule has 0 spiro atoms. The summed E-state index contributed by atoms with van der Waals surface area (Å²) in [5, 5.41) is 2.56. The molecule has 166 valence electrons. The number of alkyl halides is 3. The van der Waals surface area contributed by atoms with Gasteiger partial charge in [-0.15, -0.1) is 0 Å². The van der Waals surface area contributed by atoms with Crippen molar-refractivity contribution in [2.45, 2.75) is 12.7 Å². The van der Waals surface area contributed by atoms with E-state index < -0.39 is 11.7 Å². The first kappa shape index (κ1) is 22.6. The van der Waals surface area contributed by atoms with Gasteiger partial charge in [0.15, 0.2) is 6.61 Å². The van der Waals surface area contributed by atoms with Gasteiger partial charge < -0.3 is 15.0 Å². The molecule has 2 aromatic carbocycles. The van der Waals surface area contributed by atoms with Gasteiger partial charge in [-0.2, -0.15) is 13.2 Å². The number of piperazine rings is 1. The standard InChI is InChI=1S/C22H24F3N3O3/c23-22(24,25)18-8-6-17(7-9-18)15-27-10-12-28(13-11-27)21(30)14-26-20(29)16-31-19-4-2-1-3-5-19/h1-9H,10-16H2,(H,26,29). The third-order valence-corrected chi connectivity index (χ3v) is 4.96. The number of carbonyl (C=O) groups is 2. The van der Waals surface area contributed by atoms with E-state index >= 15 is 0 Å². The highest BCUT2D eigenvalue weighted by atomic mass is 19.4. The molecule has 9 heteroatoms. The highest BCUT2D eigenvalue weighted by Gasteiger charge is 2.30.